The number of hydrogen-bond acceptors (Lipinski definition) is 7. The summed E-state index contributed by atoms with van der Waals surface area (Å²) >= 11 is 6.37. The third kappa shape index (κ3) is 4.14. The summed E-state index contributed by atoms with van der Waals surface area (Å²) in [5.41, 5.74) is 3.83. The maximum absolute atomic E-state index is 13.4. The van der Waals surface area contributed by atoms with Gasteiger partial charge in [0.2, 0.25) is 11.5 Å². The van der Waals surface area contributed by atoms with Crippen molar-refractivity contribution in [3.63, 3.8) is 0 Å². The highest BCUT2D eigenvalue weighted by Gasteiger charge is 2.36. The number of allylic oxidation sites excluding steroid dienone is 1. The molecule has 0 aromatic heterocycles. The number of ketones is 1. The fourth-order valence-corrected chi connectivity index (χ4v) is 4.82. The van der Waals surface area contributed by atoms with E-state index in [1.807, 2.05) is 37.3 Å². The van der Waals surface area contributed by atoms with Gasteiger partial charge in [0.1, 0.15) is 18.2 Å². The van der Waals surface area contributed by atoms with Crippen molar-refractivity contribution < 1.29 is 28.5 Å². The van der Waals surface area contributed by atoms with Gasteiger partial charge in [-0.25, -0.2) is 0 Å². The largest absolute Gasteiger partial charge is 0.493 e. The maximum Gasteiger partial charge on any atom is 0.232 e. The Labute approximate surface area is 214 Å². The summed E-state index contributed by atoms with van der Waals surface area (Å²) < 4.78 is 28.7. The van der Waals surface area contributed by atoms with Gasteiger partial charge in [-0.2, -0.15) is 0 Å². The molecule has 7 nitrogen and oxygen atoms in total. The molecule has 5 rings (SSSR count). The SMILES string of the molecule is COc1ccc(/C=C2\Oc3c4c(cc(C)c3C2=O)OCN(Cc2ccccc2Cl)C4)c(OC)c1OC. The Balaban J connectivity index is 1.50. The van der Waals surface area contributed by atoms with Crippen molar-refractivity contribution >= 4 is 23.5 Å². The van der Waals surface area contributed by atoms with Gasteiger partial charge in [-0.1, -0.05) is 29.8 Å². The molecule has 0 unspecified atom stereocenters. The quantitative estimate of drug-likeness (QED) is 0.400. The van der Waals surface area contributed by atoms with Gasteiger partial charge in [0.25, 0.3) is 0 Å². The van der Waals surface area contributed by atoms with Crippen molar-refractivity contribution in [2.75, 3.05) is 28.1 Å². The molecule has 0 fully saturated rings. The molecule has 2 heterocycles. The van der Waals surface area contributed by atoms with Crippen LogP contribution >= 0.6 is 11.6 Å². The molecule has 0 saturated carbocycles. The van der Waals surface area contributed by atoms with Gasteiger partial charge in [-0.15, -0.1) is 0 Å². The molecule has 2 aliphatic rings. The Hall–Kier alpha value is -3.68. The summed E-state index contributed by atoms with van der Waals surface area (Å²) in [6.07, 6.45) is 1.67. The van der Waals surface area contributed by atoms with Crippen molar-refractivity contribution in [3.05, 3.63) is 81.1 Å². The molecule has 0 radical (unpaired) electrons. The van der Waals surface area contributed by atoms with Crippen LogP contribution < -0.4 is 23.7 Å². The molecule has 0 atom stereocenters. The van der Waals surface area contributed by atoms with E-state index in [2.05, 4.69) is 4.90 Å². The third-order valence-corrected chi connectivity index (χ3v) is 6.73. The second kappa shape index (κ2) is 9.76. The summed E-state index contributed by atoms with van der Waals surface area (Å²) in [5.74, 6) is 2.68. The van der Waals surface area contributed by atoms with Crippen LogP contribution in [0.2, 0.25) is 5.02 Å². The van der Waals surface area contributed by atoms with E-state index in [0.29, 0.717) is 59.0 Å². The summed E-state index contributed by atoms with van der Waals surface area (Å²) in [4.78, 5) is 15.6. The average molecular weight is 508 g/mol. The van der Waals surface area contributed by atoms with Crippen molar-refractivity contribution in [1.29, 1.82) is 0 Å². The smallest absolute Gasteiger partial charge is 0.232 e. The number of ether oxygens (including phenoxy) is 5. The number of rotatable bonds is 6. The lowest BCUT2D eigenvalue weighted by Gasteiger charge is -2.30. The predicted molar refractivity (Wildman–Crippen MR) is 136 cm³/mol. The van der Waals surface area contributed by atoms with Crippen molar-refractivity contribution in [3.8, 4) is 28.7 Å². The predicted octanol–water partition coefficient (Wildman–Crippen LogP) is 5.64. The Kier molecular flexibility index (Phi) is 6.51. The van der Waals surface area contributed by atoms with Gasteiger partial charge >= 0.3 is 0 Å². The number of hydrogen-bond donors (Lipinski definition) is 0. The standard InChI is InChI=1S/C28H26ClNO6/c1-16-11-22-19(14-30(15-35-22)13-18-7-5-6-8-20(18)29)27-24(16)25(31)23(36-27)12-17-9-10-21(32-2)28(34-4)26(17)33-3/h5-12H,13-15H2,1-4H3/b23-12-. The van der Waals surface area contributed by atoms with Crippen molar-refractivity contribution in [2.24, 2.45) is 0 Å². The Morgan fingerprint density at radius 1 is 1.06 bits per heavy atom. The zero-order valence-corrected chi connectivity index (χ0v) is 21.3. The second-order valence-electron chi connectivity index (χ2n) is 8.59. The Bertz CT molecular complexity index is 1380. The number of halogens is 1. The molecule has 0 amide bonds. The molecule has 0 N–H and O–H groups in total. The van der Waals surface area contributed by atoms with E-state index in [1.54, 1.807) is 25.3 Å². The van der Waals surface area contributed by atoms with Crippen LogP contribution in [0, 0.1) is 6.92 Å². The van der Waals surface area contributed by atoms with Crippen LogP contribution in [0.3, 0.4) is 0 Å². The molecule has 36 heavy (non-hydrogen) atoms. The molecule has 0 aliphatic carbocycles. The monoisotopic (exact) mass is 507 g/mol. The molecule has 3 aromatic carbocycles. The zero-order valence-electron chi connectivity index (χ0n) is 20.5. The van der Waals surface area contributed by atoms with Gasteiger partial charge in [0, 0.05) is 23.7 Å². The van der Waals surface area contributed by atoms with E-state index < -0.39 is 0 Å². The van der Waals surface area contributed by atoms with E-state index >= 15 is 0 Å². The van der Waals surface area contributed by atoms with E-state index in [4.69, 9.17) is 35.3 Å². The van der Waals surface area contributed by atoms with Crippen LogP contribution in [0.25, 0.3) is 6.08 Å². The lowest BCUT2D eigenvalue weighted by atomic mass is 9.98. The lowest BCUT2D eigenvalue weighted by Crippen LogP contribution is -2.32. The molecule has 0 saturated heterocycles. The first kappa shape index (κ1) is 24.0. The van der Waals surface area contributed by atoms with E-state index in [9.17, 15) is 4.79 Å². The molecule has 2 aliphatic heterocycles. The van der Waals surface area contributed by atoms with Crippen LogP contribution in [-0.2, 0) is 13.1 Å². The van der Waals surface area contributed by atoms with Crippen LogP contribution in [0.15, 0.2) is 48.2 Å². The number of benzene rings is 3. The molecular weight excluding hydrogens is 482 g/mol. The number of methoxy groups -OCH3 is 3. The first-order valence-corrected chi connectivity index (χ1v) is 11.8. The van der Waals surface area contributed by atoms with Gasteiger partial charge < -0.3 is 23.7 Å². The summed E-state index contributed by atoms with van der Waals surface area (Å²) in [5, 5.41) is 0.706. The lowest BCUT2D eigenvalue weighted by molar-refractivity contribution is 0.0872. The number of carbonyl (C=O) groups is 1. The molecule has 186 valence electrons. The topological polar surface area (TPSA) is 66.5 Å². The fourth-order valence-electron chi connectivity index (χ4n) is 4.62. The Morgan fingerprint density at radius 3 is 2.56 bits per heavy atom. The van der Waals surface area contributed by atoms with E-state index in [1.165, 1.54) is 14.2 Å². The maximum atomic E-state index is 13.4. The Morgan fingerprint density at radius 2 is 1.83 bits per heavy atom. The molecule has 0 spiro atoms. The van der Waals surface area contributed by atoms with E-state index in [0.717, 1.165) is 22.4 Å². The highest BCUT2D eigenvalue weighted by atomic mass is 35.5. The number of fused-ring (bicyclic) bond motifs is 3. The van der Waals surface area contributed by atoms with Crippen LogP contribution in [0.5, 0.6) is 28.7 Å². The highest BCUT2D eigenvalue weighted by molar-refractivity contribution is 6.31. The molecule has 0 bridgehead atoms. The number of nitrogens with zero attached hydrogens (tertiary/aromatic N) is 1. The van der Waals surface area contributed by atoms with Gasteiger partial charge in [-0.3, -0.25) is 9.69 Å². The van der Waals surface area contributed by atoms with Crippen LogP contribution in [0.4, 0.5) is 0 Å². The third-order valence-electron chi connectivity index (χ3n) is 6.36. The zero-order chi connectivity index (χ0) is 25.4. The average Bonchev–Trinajstić information content (AvgIpc) is 3.22. The highest BCUT2D eigenvalue weighted by Crippen LogP contribution is 2.46. The first-order valence-electron chi connectivity index (χ1n) is 11.4. The minimum absolute atomic E-state index is 0.189. The van der Waals surface area contributed by atoms with Gasteiger partial charge in [0.05, 0.1) is 32.5 Å². The van der Waals surface area contributed by atoms with Crippen LogP contribution in [-0.4, -0.2) is 38.7 Å². The number of Topliss-reactive ketones (excluding diaryl/α,β-unsaturated/α-hetero) is 1. The first-order chi connectivity index (χ1) is 17.4. The minimum atomic E-state index is -0.189. The van der Waals surface area contributed by atoms with Gasteiger partial charge in [-0.05, 0) is 48.4 Å². The normalized spacial score (nSPS) is 15.7. The summed E-state index contributed by atoms with van der Waals surface area (Å²) in [7, 11) is 4.63. The fraction of sp³-hybridized carbons (Fsp3) is 0.250. The number of carbonyl (C=O) groups excluding carboxylic acids is 1. The summed E-state index contributed by atoms with van der Waals surface area (Å²) in [6, 6.07) is 13.2. The van der Waals surface area contributed by atoms with Gasteiger partial charge in [0.15, 0.2) is 17.3 Å². The second-order valence-corrected chi connectivity index (χ2v) is 9.00. The minimum Gasteiger partial charge on any atom is -0.493 e. The van der Waals surface area contributed by atoms with E-state index in [-0.39, 0.29) is 11.5 Å². The molecular formula is C28H26ClNO6. The number of aryl methyl sites for hydroxylation is 1. The molecule has 8 heteroatoms. The van der Waals surface area contributed by atoms with Crippen molar-refractivity contribution in [1.82, 2.24) is 4.90 Å². The van der Waals surface area contributed by atoms with Crippen LogP contribution in [0.1, 0.15) is 32.6 Å². The van der Waals surface area contributed by atoms with Crippen molar-refractivity contribution in [2.45, 2.75) is 20.0 Å². The summed E-state index contributed by atoms with van der Waals surface area (Å²) in [6.45, 7) is 3.47. The molecule has 3 aromatic rings.